The number of benzene rings is 3. The zero-order chi connectivity index (χ0) is 24.9. The summed E-state index contributed by atoms with van der Waals surface area (Å²) in [5.41, 5.74) is 1.68. The second kappa shape index (κ2) is 10.2. The fraction of sp³-hybridized carbons (Fsp3) is 0.185. The molecule has 3 aromatic carbocycles. The average Bonchev–Trinajstić information content (AvgIpc) is 3.13. The largest absolute Gasteiger partial charge is 0.507 e. The number of hydrogen-bond donors (Lipinski definition) is 1. The van der Waals surface area contributed by atoms with Crippen molar-refractivity contribution in [3.63, 3.8) is 0 Å². The van der Waals surface area contributed by atoms with E-state index in [9.17, 15) is 24.8 Å². The van der Waals surface area contributed by atoms with E-state index < -0.39 is 22.7 Å². The first-order chi connectivity index (χ1) is 16.9. The van der Waals surface area contributed by atoms with Crippen LogP contribution in [-0.2, 0) is 16.0 Å². The van der Waals surface area contributed by atoms with E-state index >= 15 is 0 Å². The summed E-state index contributed by atoms with van der Waals surface area (Å²) in [6, 6.07) is 20.9. The van der Waals surface area contributed by atoms with Gasteiger partial charge in [0.15, 0.2) is 0 Å². The Kier molecular flexibility index (Phi) is 6.91. The van der Waals surface area contributed by atoms with E-state index in [0.717, 1.165) is 5.56 Å². The summed E-state index contributed by atoms with van der Waals surface area (Å²) in [5.74, 6) is -1.22. The van der Waals surface area contributed by atoms with E-state index in [0.29, 0.717) is 29.9 Å². The normalized spacial score (nSPS) is 16.9. The molecule has 0 spiro atoms. The molecule has 35 heavy (non-hydrogen) atoms. The molecule has 1 heterocycles. The quantitative estimate of drug-likeness (QED) is 0.168. The van der Waals surface area contributed by atoms with Crippen LogP contribution in [0.2, 0.25) is 0 Å². The lowest BCUT2D eigenvalue weighted by atomic mass is 9.95. The van der Waals surface area contributed by atoms with Crippen molar-refractivity contribution in [1.29, 1.82) is 0 Å². The van der Waals surface area contributed by atoms with Crippen LogP contribution in [-0.4, -0.2) is 39.8 Å². The highest BCUT2D eigenvalue weighted by molar-refractivity contribution is 6.46. The maximum absolute atomic E-state index is 13.1. The van der Waals surface area contributed by atoms with Crippen LogP contribution in [0.5, 0.6) is 5.75 Å². The van der Waals surface area contributed by atoms with Crippen molar-refractivity contribution >= 4 is 23.1 Å². The van der Waals surface area contributed by atoms with Crippen LogP contribution in [0.4, 0.5) is 5.69 Å². The number of nitro groups is 1. The summed E-state index contributed by atoms with van der Waals surface area (Å²) in [4.78, 5) is 38.2. The van der Waals surface area contributed by atoms with E-state index in [4.69, 9.17) is 4.74 Å². The average molecular weight is 472 g/mol. The molecule has 0 aromatic heterocycles. The number of non-ortho nitro benzene ring substituents is 1. The van der Waals surface area contributed by atoms with E-state index in [2.05, 4.69) is 0 Å². The fourth-order valence-electron chi connectivity index (χ4n) is 4.16. The minimum atomic E-state index is -0.883. The minimum absolute atomic E-state index is 0.0546. The predicted molar refractivity (Wildman–Crippen MR) is 130 cm³/mol. The predicted octanol–water partition coefficient (Wildman–Crippen LogP) is 4.66. The Bertz CT molecular complexity index is 1270. The van der Waals surface area contributed by atoms with Gasteiger partial charge >= 0.3 is 0 Å². The number of ketones is 1. The summed E-state index contributed by atoms with van der Waals surface area (Å²) >= 11 is 0. The topological polar surface area (TPSA) is 110 Å². The molecule has 0 bridgehead atoms. The van der Waals surface area contributed by atoms with E-state index in [1.54, 1.807) is 24.3 Å². The van der Waals surface area contributed by atoms with Gasteiger partial charge in [-0.25, -0.2) is 0 Å². The monoisotopic (exact) mass is 472 g/mol. The second-order valence-electron chi connectivity index (χ2n) is 8.03. The van der Waals surface area contributed by atoms with Gasteiger partial charge in [0, 0.05) is 24.2 Å². The molecule has 178 valence electrons. The summed E-state index contributed by atoms with van der Waals surface area (Å²) in [7, 11) is 0. The Morgan fingerprint density at radius 1 is 1.00 bits per heavy atom. The molecule has 8 heteroatoms. The molecule has 1 amide bonds. The minimum Gasteiger partial charge on any atom is -0.507 e. The Morgan fingerprint density at radius 2 is 1.66 bits per heavy atom. The highest BCUT2D eigenvalue weighted by atomic mass is 16.6. The standard InChI is InChI=1S/C27H24N2O6/c1-2-35-22-14-10-20(11-15-22)25(30)23-24(19-8-12-21(13-9-19)29(33)34)28(27(32)26(23)31)17-16-18-6-4-3-5-7-18/h3-15,24,30H,2,16-17H2,1H3/b25-23+. The van der Waals surface area contributed by atoms with Gasteiger partial charge in [-0.15, -0.1) is 0 Å². The van der Waals surface area contributed by atoms with Crippen LogP contribution >= 0.6 is 0 Å². The summed E-state index contributed by atoms with van der Waals surface area (Å²) in [6.07, 6.45) is 0.500. The number of Topliss-reactive ketones (excluding diaryl/α,β-unsaturated/α-hetero) is 1. The van der Waals surface area contributed by atoms with Crippen LogP contribution in [0.1, 0.15) is 29.7 Å². The molecule has 0 aliphatic carbocycles. The molecule has 8 nitrogen and oxygen atoms in total. The Morgan fingerprint density at radius 3 is 2.26 bits per heavy atom. The molecule has 1 atom stereocenters. The third-order valence-corrected chi connectivity index (χ3v) is 5.88. The Balaban J connectivity index is 1.76. The number of hydrogen-bond acceptors (Lipinski definition) is 6. The number of rotatable bonds is 8. The smallest absolute Gasteiger partial charge is 0.295 e. The zero-order valence-electron chi connectivity index (χ0n) is 19.1. The molecule has 1 saturated heterocycles. The number of aliphatic hydroxyl groups is 1. The van der Waals surface area contributed by atoms with Crippen molar-refractivity contribution in [3.8, 4) is 5.75 Å². The molecule has 0 saturated carbocycles. The van der Waals surface area contributed by atoms with E-state index in [1.165, 1.54) is 29.2 Å². The summed E-state index contributed by atoms with van der Waals surface area (Å²) in [6.45, 7) is 2.57. The molecule has 1 aliphatic rings. The zero-order valence-corrected chi connectivity index (χ0v) is 19.1. The third kappa shape index (κ3) is 4.91. The molecule has 1 N–H and O–H groups in total. The number of likely N-dealkylation sites (tertiary alicyclic amines) is 1. The van der Waals surface area contributed by atoms with Gasteiger partial charge in [-0.2, -0.15) is 0 Å². The van der Waals surface area contributed by atoms with E-state index in [1.807, 2.05) is 37.3 Å². The molecular formula is C27H24N2O6. The van der Waals surface area contributed by atoms with Crippen molar-refractivity contribution < 1.29 is 24.4 Å². The van der Waals surface area contributed by atoms with Crippen molar-refractivity contribution in [3.05, 3.63) is 111 Å². The maximum Gasteiger partial charge on any atom is 0.295 e. The van der Waals surface area contributed by atoms with Gasteiger partial charge in [0.2, 0.25) is 0 Å². The lowest BCUT2D eigenvalue weighted by Gasteiger charge is -2.25. The summed E-state index contributed by atoms with van der Waals surface area (Å²) < 4.78 is 5.43. The molecule has 1 fully saturated rings. The van der Waals surface area contributed by atoms with Gasteiger partial charge in [-0.05, 0) is 60.9 Å². The summed E-state index contributed by atoms with van der Waals surface area (Å²) in [5, 5.41) is 22.3. The second-order valence-corrected chi connectivity index (χ2v) is 8.03. The van der Waals surface area contributed by atoms with Crippen LogP contribution in [0.25, 0.3) is 5.76 Å². The van der Waals surface area contributed by atoms with Crippen molar-refractivity contribution in [2.45, 2.75) is 19.4 Å². The third-order valence-electron chi connectivity index (χ3n) is 5.88. The molecule has 3 aromatic rings. The van der Waals surface area contributed by atoms with Crippen molar-refractivity contribution in [1.82, 2.24) is 4.90 Å². The number of nitro benzene ring substituents is 1. The highest BCUT2D eigenvalue weighted by Crippen LogP contribution is 2.40. The van der Waals surface area contributed by atoms with Crippen LogP contribution < -0.4 is 4.74 Å². The highest BCUT2D eigenvalue weighted by Gasteiger charge is 2.45. The van der Waals surface area contributed by atoms with Crippen molar-refractivity contribution in [2.24, 2.45) is 0 Å². The number of nitrogens with zero attached hydrogens (tertiary/aromatic N) is 2. The maximum atomic E-state index is 13.1. The number of carbonyl (C=O) groups excluding carboxylic acids is 2. The first-order valence-corrected chi connectivity index (χ1v) is 11.2. The number of ether oxygens (including phenoxy) is 1. The van der Waals surface area contributed by atoms with Crippen LogP contribution in [0, 0.1) is 10.1 Å². The number of carbonyl (C=O) groups is 2. The van der Waals surface area contributed by atoms with Crippen LogP contribution in [0.15, 0.2) is 84.4 Å². The number of amides is 1. The number of aliphatic hydroxyl groups excluding tert-OH is 1. The van der Waals surface area contributed by atoms with Gasteiger partial charge in [0.25, 0.3) is 17.4 Å². The first-order valence-electron chi connectivity index (χ1n) is 11.2. The SMILES string of the molecule is CCOc1ccc(/C(O)=C2\C(=O)C(=O)N(CCc3ccccc3)C2c2ccc([N+](=O)[O-])cc2)cc1. The molecule has 4 rings (SSSR count). The Hall–Kier alpha value is -4.46. The van der Waals surface area contributed by atoms with Crippen molar-refractivity contribution in [2.75, 3.05) is 13.2 Å². The Labute approximate surface area is 202 Å². The van der Waals surface area contributed by atoms with Crippen LogP contribution in [0.3, 0.4) is 0 Å². The van der Waals surface area contributed by atoms with Gasteiger partial charge < -0.3 is 14.7 Å². The van der Waals surface area contributed by atoms with E-state index in [-0.39, 0.29) is 23.6 Å². The lowest BCUT2D eigenvalue weighted by Crippen LogP contribution is -2.31. The molecule has 1 unspecified atom stereocenters. The van der Waals surface area contributed by atoms with Gasteiger partial charge in [-0.3, -0.25) is 19.7 Å². The fourth-order valence-corrected chi connectivity index (χ4v) is 4.16. The molecule has 1 aliphatic heterocycles. The van der Waals surface area contributed by atoms with Gasteiger partial charge in [0.1, 0.15) is 11.5 Å². The van der Waals surface area contributed by atoms with Gasteiger partial charge in [-0.1, -0.05) is 30.3 Å². The lowest BCUT2D eigenvalue weighted by molar-refractivity contribution is -0.384. The first kappa shape index (κ1) is 23.7. The molecule has 0 radical (unpaired) electrons. The molecular weight excluding hydrogens is 448 g/mol. The van der Waals surface area contributed by atoms with Gasteiger partial charge in [0.05, 0.1) is 23.1 Å².